The molecule has 0 saturated carbocycles. The Kier molecular flexibility index (Phi) is 38.0. The molecule has 4 N–H and O–H groups in total. The van der Waals surface area contributed by atoms with E-state index in [0.717, 1.165) is 13.0 Å². The number of hydrogen-bond acceptors (Lipinski definition) is 4. The molecule has 0 rings (SSSR count). The Balaban J connectivity index is -0.0000000653. The third-order valence-corrected chi connectivity index (χ3v) is 1.82. The van der Waals surface area contributed by atoms with Crippen LogP contribution < -0.4 is 0 Å². The average Bonchev–Trinajstić information content (AvgIpc) is 2.30. The van der Waals surface area contributed by atoms with Gasteiger partial charge in [-0.25, -0.2) is 0 Å². The van der Waals surface area contributed by atoms with E-state index in [9.17, 15) is 0 Å². The van der Waals surface area contributed by atoms with Gasteiger partial charge in [-0.2, -0.15) is 0 Å². The first-order chi connectivity index (χ1) is 6.62. The van der Waals surface area contributed by atoms with Crippen molar-refractivity contribution in [2.75, 3.05) is 20.3 Å². The fraction of sp³-hybridized carbons (Fsp3) is 1.00. The van der Waals surface area contributed by atoms with Crippen molar-refractivity contribution >= 4 is 0 Å². The molecule has 0 aliphatic carbocycles. The lowest BCUT2D eigenvalue weighted by atomic mass is 10.1. The summed E-state index contributed by atoms with van der Waals surface area (Å²) in [5.41, 5.74) is 0. The molecule has 0 aromatic heterocycles. The van der Waals surface area contributed by atoms with Crippen molar-refractivity contribution in [3.05, 3.63) is 0 Å². The molecule has 15 heavy (non-hydrogen) atoms. The van der Waals surface area contributed by atoms with Crippen LogP contribution in [0.25, 0.3) is 0 Å². The van der Waals surface area contributed by atoms with Crippen LogP contribution in [0.1, 0.15) is 41.0 Å². The summed E-state index contributed by atoms with van der Waals surface area (Å²) in [5.74, 6) is 0.935. The van der Waals surface area contributed by atoms with Crippen molar-refractivity contribution in [2.24, 2.45) is 5.92 Å². The Labute approximate surface area is 94.6 Å². The number of rotatable bonds is 4. The second kappa shape index (κ2) is 23.6. The van der Waals surface area contributed by atoms with Crippen LogP contribution in [0.4, 0.5) is 0 Å². The molecule has 0 fully saturated rings. The molecule has 0 bridgehead atoms. The molecule has 0 saturated heterocycles. The average molecular weight is 226 g/mol. The summed E-state index contributed by atoms with van der Waals surface area (Å²) in [6.07, 6.45) is 1.71. The maximum absolute atomic E-state index is 8.17. The van der Waals surface area contributed by atoms with Gasteiger partial charge in [0.05, 0.1) is 13.2 Å². The van der Waals surface area contributed by atoms with E-state index in [0.29, 0.717) is 0 Å². The minimum atomic E-state index is -0.954. The normalized spacial score (nSPS) is 8.40. The second-order valence-corrected chi connectivity index (χ2v) is 2.94. The summed E-state index contributed by atoms with van der Waals surface area (Å²) in [7, 11) is 1.00. The van der Waals surface area contributed by atoms with Gasteiger partial charge in [-0.15, -0.1) is 0 Å². The first-order valence-corrected chi connectivity index (χ1v) is 4.96. The molecule has 0 aromatic rings. The highest BCUT2D eigenvalue weighted by Gasteiger charge is 1.93. The van der Waals surface area contributed by atoms with Gasteiger partial charge in [0.25, 0.3) is 0 Å². The summed E-state index contributed by atoms with van der Waals surface area (Å²) in [6, 6.07) is 0. The Morgan fingerprint density at radius 1 is 0.933 bits per heavy atom. The standard InChI is InChI=1S/C6H14.C3H8O3.CH4O.CH4/c1-4-6(3)5-2;4-1-3(6)2-5;1-2;/h6H,4-5H2,1-3H3;3-6H,1-2H2;2H,1H3;1H4. The smallest absolute Gasteiger partial charge is 0.100 e. The summed E-state index contributed by atoms with van der Waals surface area (Å²) in [6.45, 7) is 6.01. The van der Waals surface area contributed by atoms with E-state index >= 15 is 0 Å². The summed E-state index contributed by atoms with van der Waals surface area (Å²) in [4.78, 5) is 0. The van der Waals surface area contributed by atoms with Crippen molar-refractivity contribution < 1.29 is 20.4 Å². The topological polar surface area (TPSA) is 80.9 Å². The van der Waals surface area contributed by atoms with Gasteiger partial charge >= 0.3 is 0 Å². The zero-order valence-electron chi connectivity index (χ0n) is 9.77. The van der Waals surface area contributed by atoms with Crippen molar-refractivity contribution in [2.45, 2.75) is 47.1 Å². The van der Waals surface area contributed by atoms with Crippen molar-refractivity contribution in [1.29, 1.82) is 0 Å². The van der Waals surface area contributed by atoms with Gasteiger partial charge in [-0.05, 0) is 5.92 Å². The quantitative estimate of drug-likeness (QED) is 0.577. The van der Waals surface area contributed by atoms with Gasteiger partial charge in [0, 0.05) is 7.11 Å². The molecule has 98 valence electrons. The Morgan fingerprint density at radius 2 is 1.20 bits per heavy atom. The maximum atomic E-state index is 8.17. The van der Waals surface area contributed by atoms with Gasteiger partial charge in [-0.1, -0.05) is 41.0 Å². The van der Waals surface area contributed by atoms with Crippen molar-refractivity contribution in [3.63, 3.8) is 0 Å². The zero-order chi connectivity index (χ0) is 12.0. The fourth-order valence-corrected chi connectivity index (χ4v) is 0.346. The predicted octanol–water partition coefficient (Wildman–Crippen LogP) is 1.02. The lowest BCUT2D eigenvalue weighted by Crippen LogP contribution is -2.15. The largest absolute Gasteiger partial charge is 0.400 e. The Morgan fingerprint density at radius 3 is 1.20 bits per heavy atom. The van der Waals surface area contributed by atoms with E-state index in [1.807, 2.05) is 0 Å². The van der Waals surface area contributed by atoms with Gasteiger partial charge < -0.3 is 20.4 Å². The monoisotopic (exact) mass is 226 g/mol. The van der Waals surface area contributed by atoms with E-state index in [1.165, 1.54) is 12.8 Å². The molecule has 0 radical (unpaired) electrons. The molecule has 0 spiro atoms. The van der Waals surface area contributed by atoms with Gasteiger partial charge in [-0.3, -0.25) is 0 Å². The summed E-state index contributed by atoms with van der Waals surface area (Å²) < 4.78 is 0. The first kappa shape index (κ1) is 24.2. The Hall–Kier alpha value is -0.160. The van der Waals surface area contributed by atoms with E-state index < -0.39 is 6.10 Å². The van der Waals surface area contributed by atoms with Crippen LogP contribution in [0.3, 0.4) is 0 Å². The predicted molar refractivity (Wildman–Crippen MR) is 64.8 cm³/mol. The van der Waals surface area contributed by atoms with Crippen molar-refractivity contribution in [1.82, 2.24) is 0 Å². The number of aliphatic hydroxyl groups excluding tert-OH is 4. The third-order valence-electron chi connectivity index (χ3n) is 1.82. The van der Waals surface area contributed by atoms with Gasteiger partial charge in [0.15, 0.2) is 0 Å². The van der Waals surface area contributed by atoms with Crippen LogP contribution >= 0.6 is 0 Å². The molecule has 4 heteroatoms. The second-order valence-electron chi connectivity index (χ2n) is 2.94. The highest BCUT2D eigenvalue weighted by Crippen LogP contribution is 2.02. The van der Waals surface area contributed by atoms with E-state index in [1.54, 1.807) is 0 Å². The number of aliphatic hydroxyl groups is 4. The lowest BCUT2D eigenvalue weighted by Gasteiger charge is -1.98. The third kappa shape index (κ3) is 31.6. The lowest BCUT2D eigenvalue weighted by molar-refractivity contribution is 0.0450. The first-order valence-electron chi connectivity index (χ1n) is 4.96. The van der Waals surface area contributed by atoms with Crippen LogP contribution in [-0.4, -0.2) is 46.9 Å². The molecule has 0 atom stereocenters. The van der Waals surface area contributed by atoms with Gasteiger partial charge in [0.2, 0.25) is 0 Å². The molecule has 0 aliphatic heterocycles. The molecule has 0 aliphatic rings. The van der Waals surface area contributed by atoms with Crippen LogP contribution in [0.15, 0.2) is 0 Å². The minimum absolute atomic E-state index is 0. The fourth-order valence-electron chi connectivity index (χ4n) is 0.346. The zero-order valence-corrected chi connectivity index (χ0v) is 9.77. The molecule has 0 unspecified atom stereocenters. The minimum Gasteiger partial charge on any atom is -0.400 e. The molecule has 0 aromatic carbocycles. The maximum Gasteiger partial charge on any atom is 0.100 e. The van der Waals surface area contributed by atoms with E-state index in [2.05, 4.69) is 20.8 Å². The summed E-state index contributed by atoms with van der Waals surface area (Å²) in [5, 5.41) is 31.0. The van der Waals surface area contributed by atoms with Crippen LogP contribution in [0.2, 0.25) is 0 Å². The van der Waals surface area contributed by atoms with Crippen LogP contribution in [0, 0.1) is 5.92 Å². The molecular formula is C11H30O4. The number of hydrogen-bond donors (Lipinski definition) is 4. The highest BCUT2D eigenvalue weighted by atomic mass is 16.3. The van der Waals surface area contributed by atoms with Crippen LogP contribution in [0.5, 0.6) is 0 Å². The molecular weight excluding hydrogens is 196 g/mol. The Bertz CT molecular complexity index is 61.0. The van der Waals surface area contributed by atoms with E-state index in [4.69, 9.17) is 20.4 Å². The molecule has 4 nitrogen and oxygen atoms in total. The molecule has 0 amide bonds. The summed E-state index contributed by atoms with van der Waals surface area (Å²) >= 11 is 0. The van der Waals surface area contributed by atoms with Crippen molar-refractivity contribution in [3.8, 4) is 0 Å². The highest BCUT2D eigenvalue weighted by molar-refractivity contribution is 4.44. The SMILES string of the molecule is C.CCC(C)CC.CO.OCC(O)CO. The van der Waals surface area contributed by atoms with Gasteiger partial charge in [0.1, 0.15) is 6.10 Å². The van der Waals surface area contributed by atoms with E-state index in [-0.39, 0.29) is 20.6 Å². The van der Waals surface area contributed by atoms with Crippen LogP contribution in [-0.2, 0) is 0 Å². The molecule has 0 heterocycles.